The Morgan fingerprint density at radius 1 is 1.38 bits per heavy atom. The van der Waals surface area contributed by atoms with Crippen molar-refractivity contribution in [2.24, 2.45) is 10.9 Å². The van der Waals surface area contributed by atoms with E-state index in [-0.39, 0.29) is 28.2 Å². The Kier molecular flexibility index (Phi) is 9.28. The molecule has 0 unspecified atom stereocenters. The standard InChI is InChI=1S/C14H23ClN4O2S2.HI/c1-11-5-9-19(10-6-11)14(16-2)17-7-8-18-23(20,21)13-4-3-12(15)22-13;/h3-4,11,18H,5-10H2,1-2H3,(H,16,17);1H. The summed E-state index contributed by atoms with van der Waals surface area (Å²) in [5.41, 5.74) is 0. The van der Waals surface area contributed by atoms with Crippen LogP contribution in [0.4, 0.5) is 0 Å². The average Bonchev–Trinajstić information content (AvgIpc) is 2.96. The van der Waals surface area contributed by atoms with Gasteiger partial charge in [-0.15, -0.1) is 35.3 Å². The molecule has 0 atom stereocenters. The molecule has 1 saturated heterocycles. The number of piperidine rings is 1. The maximum absolute atomic E-state index is 12.1. The van der Waals surface area contributed by atoms with E-state index in [9.17, 15) is 8.42 Å². The highest BCUT2D eigenvalue weighted by atomic mass is 127. The van der Waals surface area contributed by atoms with Gasteiger partial charge in [0.05, 0.1) is 4.34 Å². The maximum atomic E-state index is 12.1. The maximum Gasteiger partial charge on any atom is 0.250 e. The lowest BCUT2D eigenvalue weighted by molar-refractivity contribution is 0.273. The van der Waals surface area contributed by atoms with Gasteiger partial charge in [0.15, 0.2) is 5.96 Å². The fourth-order valence-corrected chi connectivity index (χ4v) is 4.98. The Morgan fingerprint density at radius 2 is 2.04 bits per heavy atom. The lowest BCUT2D eigenvalue weighted by Crippen LogP contribution is -2.47. The van der Waals surface area contributed by atoms with Crippen molar-refractivity contribution in [1.82, 2.24) is 14.9 Å². The number of sulfonamides is 1. The van der Waals surface area contributed by atoms with Gasteiger partial charge in [-0.05, 0) is 30.9 Å². The van der Waals surface area contributed by atoms with Gasteiger partial charge in [0, 0.05) is 33.2 Å². The predicted molar refractivity (Wildman–Crippen MR) is 111 cm³/mol. The average molecular weight is 507 g/mol. The van der Waals surface area contributed by atoms with Crippen molar-refractivity contribution in [2.75, 3.05) is 33.2 Å². The van der Waals surface area contributed by atoms with E-state index in [1.807, 2.05) is 0 Å². The van der Waals surface area contributed by atoms with Crippen molar-refractivity contribution in [1.29, 1.82) is 0 Å². The van der Waals surface area contributed by atoms with Crippen LogP contribution < -0.4 is 10.0 Å². The summed E-state index contributed by atoms with van der Waals surface area (Å²) in [6, 6.07) is 3.09. The lowest BCUT2D eigenvalue weighted by atomic mass is 10.00. The number of halogens is 2. The van der Waals surface area contributed by atoms with Gasteiger partial charge in [0.1, 0.15) is 4.21 Å². The van der Waals surface area contributed by atoms with Crippen LogP contribution in [0.5, 0.6) is 0 Å². The molecule has 0 radical (unpaired) electrons. The third-order valence-corrected chi connectivity index (χ3v) is 6.99. The van der Waals surface area contributed by atoms with Gasteiger partial charge in [-0.25, -0.2) is 13.1 Å². The van der Waals surface area contributed by atoms with Crippen LogP contribution in [0.1, 0.15) is 19.8 Å². The van der Waals surface area contributed by atoms with Gasteiger partial charge in [0.2, 0.25) is 10.0 Å². The van der Waals surface area contributed by atoms with Gasteiger partial charge in [0.25, 0.3) is 0 Å². The Hall–Kier alpha value is -0.100. The quantitative estimate of drug-likeness (QED) is 0.279. The third-order valence-electron chi connectivity index (χ3n) is 3.81. The number of aliphatic imine (C=N–C) groups is 1. The Labute approximate surface area is 170 Å². The van der Waals surface area contributed by atoms with Crippen molar-refractivity contribution in [3.63, 3.8) is 0 Å². The van der Waals surface area contributed by atoms with Crippen LogP contribution in [-0.2, 0) is 10.0 Å². The molecule has 1 aromatic heterocycles. The molecule has 1 aromatic rings. The molecule has 1 fully saturated rings. The molecule has 0 aromatic carbocycles. The van der Waals surface area contributed by atoms with Crippen molar-refractivity contribution in [2.45, 2.75) is 24.0 Å². The zero-order valence-electron chi connectivity index (χ0n) is 13.8. The number of thiophene rings is 1. The third kappa shape index (κ3) is 6.32. The molecule has 1 aliphatic heterocycles. The summed E-state index contributed by atoms with van der Waals surface area (Å²) in [6.07, 6.45) is 2.32. The van der Waals surface area contributed by atoms with Gasteiger partial charge in [-0.2, -0.15) is 0 Å². The van der Waals surface area contributed by atoms with E-state index in [2.05, 4.69) is 26.9 Å². The minimum Gasteiger partial charge on any atom is -0.355 e. The highest BCUT2D eigenvalue weighted by molar-refractivity contribution is 14.0. The summed E-state index contributed by atoms with van der Waals surface area (Å²) in [6.45, 7) is 5.01. The number of guanidine groups is 1. The monoisotopic (exact) mass is 506 g/mol. The highest BCUT2D eigenvalue weighted by Gasteiger charge is 2.19. The zero-order chi connectivity index (χ0) is 16.9. The first-order valence-corrected chi connectivity index (χ1v) is 10.3. The molecular formula is C14H24ClIN4O2S2. The van der Waals surface area contributed by atoms with E-state index in [0.29, 0.717) is 17.4 Å². The van der Waals surface area contributed by atoms with Crippen LogP contribution >= 0.6 is 46.9 Å². The van der Waals surface area contributed by atoms with Gasteiger partial charge in [-0.1, -0.05) is 18.5 Å². The second-order valence-corrected chi connectivity index (χ2v) is 9.31. The summed E-state index contributed by atoms with van der Waals surface area (Å²) in [5, 5.41) is 3.21. The Bertz CT molecular complexity index is 643. The summed E-state index contributed by atoms with van der Waals surface area (Å²) in [7, 11) is -1.74. The number of hydrogen-bond donors (Lipinski definition) is 2. The minimum atomic E-state index is -3.49. The smallest absolute Gasteiger partial charge is 0.250 e. The fourth-order valence-electron chi connectivity index (χ4n) is 2.43. The van der Waals surface area contributed by atoms with Crippen LogP contribution in [0.2, 0.25) is 4.34 Å². The van der Waals surface area contributed by atoms with E-state index in [0.717, 1.165) is 49.1 Å². The molecule has 0 saturated carbocycles. The highest BCUT2D eigenvalue weighted by Crippen LogP contribution is 2.25. The number of nitrogens with zero attached hydrogens (tertiary/aromatic N) is 2. The van der Waals surface area contributed by atoms with E-state index in [1.165, 1.54) is 6.07 Å². The first kappa shape index (κ1) is 21.9. The van der Waals surface area contributed by atoms with Crippen molar-refractivity contribution in [3.8, 4) is 0 Å². The largest absolute Gasteiger partial charge is 0.355 e. The molecule has 10 heteroatoms. The molecular weight excluding hydrogens is 483 g/mol. The van der Waals surface area contributed by atoms with Gasteiger partial charge >= 0.3 is 0 Å². The van der Waals surface area contributed by atoms with Gasteiger partial charge < -0.3 is 10.2 Å². The number of likely N-dealkylation sites (tertiary alicyclic amines) is 1. The number of nitrogens with one attached hydrogen (secondary N) is 2. The molecule has 0 aliphatic carbocycles. The topological polar surface area (TPSA) is 73.8 Å². The van der Waals surface area contributed by atoms with Crippen molar-refractivity contribution >= 4 is 62.9 Å². The second-order valence-electron chi connectivity index (χ2n) is 5.60. The van der Waals surface area contributed by atoms with E-state index in [1.54, 1.807) is 13.1 Å². The second kappa shape index (κ2) is 10.1. The molecule has 6 nitrogen and oxygen atoms in total. The van der Waals surface area contributed by atoms with Crippen LogP contribution in [0.3, 0.4) is 0 Å². The zero-order valence-corrected chi connectivity index (χ0v) is 18.5. The van der Waals surface area contributed by atoms with E-state index >= 15 is 0 Å². The van der Waals surface area contributed by atoms with Crippen LogP contribution in [0.25, 0.3) is 0 Å². The molecule has 0 bridgehead atoms. The molecule has 2 N–H and O–H groups in total. The molecule has 24 heavy (non-hydrogen) atoms. The number of rotatable bonds is 5. The summed E-state index contributed by atoms with van der Waals surface area (Å²) >= 11 is 6.83. The van der Waals surface area contributed by atoms with Gasteiger partial charge in [-0.3, -0.25) is 4.99 Å². The fraction of sp³-hybridized carbons (Fsp3) is 0.643. The van der Waals surface area contributed by atoms with Crippen LogP contribution in [-0.4, -0.2) is 52.5 Å². The number of hydrogen-bond acceptors (Lipinski definition) is 4. The Morgan fingerprint density at radius 3 is 2.58 bits per heavy atom. The molecule has 138 valence electrons. The molecule has 1 aliphatic rings. The lowest BCUT2D eigenvalue weighted by Gasteiger charge is -2.32. The first-order valence-electron chi connectivity index (χ1n) is 7.63. The molecule has 2 rings (SSSR count). The molecule has 2 heterocycles. The summed E-state index contributed by atoms with van der Waals surface area (Å²) in [4.78, 5) is 6.49. The molecule has 0 spiro atoms. The minimum absolute atomic E-state index is 0. The summed E-state index contributed by atoms with van der Waals surface area (Å²) in [5.74, 6) is 1.59. The Balaban J connectivity index is 0.00000288. The first-order chi connectivity index (χ1) is 10.9. The van der Waals surface area contributed by atoms with E-state index < -0.39 is 10.0 Å². The van der Waals surface area contributed by atoms with Crippen molar-refractivity contribution in [3.05, 3.63) is 16.5 Å². The van der Waals surface area contributed by atoms with Crippen LogP contribution in [0.15, 0.2) is 21.3 Å². The van der Waals surface area contributed by atoms with E-state index in [4.69, 9.17) is 11.6 Å². The normalized spacial score (nSPS) is 16.8. The predicted octanol–water partition coefficient (Wildman–Crippen LogP) is 2.61. The van der Waals surface area contributed by atoms with Crippen LogP contribution in [0, 0.1) is 5.92 Å². The van der Waals surface area contributed by atoms with Crippen molar-refractivity contribution < 1.29 is 8.42 Å². The molecule has 0 amide bonds. The SMILES string of the molecule is CN=C(NCCNS(=O)(=O)c1ccc(Cl)s1)N1CCC(C)CC1.I. The summed E-state index contributed by atoms with van der Waals surface area (Å²) < 4.78 is 27.4.